The summed E-state index contributed by atoms with van der Waals surface area (Å²) >= 11 is 1.17. The van der Waals surface area contributed by atoms with Crippen molar-refractivity contribution in [2.75, 3.05) is 26.5 Å². The first kappa shape index (κ1) is 28.4. The van der Waals surface area contributed by atoms with Crippen LogP contribution < -0.4 is 14.6 Å². The number of carbonyl (C=O) groups excluding carboxylic acids is 2. The van der Waals surface area contributed by atoms with Crippen LogP contribution in [0.1, 0.15) is 56.3 Å². The maximum atomic E-state index is 13.6. The molecule has 0 atom stereocenters. The standard InChI is InChI=1S/C25H31N3O7S2/c1-5-18-8-9-19(35-18)7-6-10-28(13-24-27-20(14-36-24)21(29)15-37(26,31)32)25(30)17-11-22(33-3)16(2)23(12-17)34-4/h8-9,11-12,14H,5-7,10,13,15H2,1-4H3,(H2,26,31,32). The number of nitrogens with zero attached hydrogens (tertiary/aromatic N) is 2. The average Bonchev–Trinajstić information content (AvgIpc) is 3.51. The predicted octanol–water partition coefficient (Wildman–Crippen LogP) is 3.37. The van der Waals surface area contributed by atoms with E-state index in [2.05, 4.69) is 4.98 Å². The second-order valence-corrected chi connectivity index (χ2v) is 11.0. The highest BCUT2D eigenvalue weighted by molar-refractivity contribution is 7.89. The summed E-state index contributed by atoms with van der Waals surface area (Å²) in [5.74, 6) is 1.00. The third-order valence-corrected chi connectivity index (χ3v) is 7.20. The molecule has 0 aliphatic rings. The molecule has 1 amide bonds. The van der Waals surface area contributed by atoms with Crippen LogP contribution in [0.4, 0.5) is 0 Å². The molecule has 2 aromatic heterocycles. The molecule has 0 aliphatic carbocycles. The average molecular weight is 550 g/mol. The van der Waals surface area contributed by atoms with Gasteiger partial charge in [-0.05, 0) is 37.6 Å². The Morgan fingerprint density at radius 3 is 2.35 bits per heavy atom. The maximum Gasteiger partial charge on any atom is 0.254 e. The first-order valence-corrected chi connectivity index (χ1v) is 14.2. The third kappa shape index (κ3) is 7.63. The Morgan fingerprint density at radius 1 is 1.14 bits per heavy atom. The monoisotopic (exact) mass is 549 g/mol. The summed E-state index contributed by atoms with van der Waals surface area (Å²) in [6, 6.07) is 7.20. The van der Waals surface area contributed by atoms with E-state index in [1.54, 1.807) is 17.0 Å². The molecule has 3 rings (SSSR count). The molecular formula is C25H31N3O7S2. The van der Waals surface area contributed by atoms with Crippen molar-refractivity contribution in [3.05, 3.63) is 63.0 Å². The first-order chi connectivity index (χ1) is 17.5. The van der Waals surface area contributed by atoms with Crippen molar-refractivity contribution in [3.63, 3.8) is 0 Å². The van der Waals surface area contributed by atoms with Gasteiger partial charge in [0.05, 0.1) is 20.8 Å². The molecule has 3 aromatic rings. The largest absolute Gasteiger partial charge is 0.496 e. The molecule has 0 fully saturated rings. The molecule has 0 saturated heterocycles. The van der Waals surface area contributed by atoms with Crippen LogP contribution in [0.2, 0.25) is 0 Å². The second kappa shape index (κ2) is 12.3. The number of rotatable bonds is 13. The molecule has 2 N–H and O–H groups in total. The fourth-order valence-electron chi connectivity index (χ4n) is 3.77. The van der Waals surface area contributed by atoms with Crippen molar-refractivity contribution in [1.82, 2.24) is 9.88 Å². The van der Waals surface area contributed by atoms with Gasteiger partial charge in [-0.1, -0.05) is 6.92 Å². The number of thiazole rings is 1. The van der Waals surface area contributed by atoms with Gasteiger partial charge in [0, 0.05) is 35.9 Å². The number of furan rings is 1. The van der Waals surface area contributed by atoms with Crippen LogP contribution in [-0.2, 0) is 29.4 Å². The number of ether oxygens (including phenoxy) is 2. The van der Waals surface area contributed by atoms with Gasteiger partial charge in [-0.2, -0.15) is 0 Å². The summed E-state index contributed by atoms with van der Waals surface area (Å²) in [4.78, 5) is 31.7. The van der Waals surface area contributed by atoms with Gasteiger partial charge in [-0.25, -0.2) is 18.5 Å². The van der Waals surface area contributed by atoms with Gasteiger partial charge < -0.3 is 18.8 Å². The van der Waals surface area contributed by atoms with E-state index in [-0.39, 0.29) is 18.1 Å². The van der Waals surface area contributed by atoms with Crippen molar-refractivity contribution in [3.8, 4) is 11.5 Å². The van der Waals surface area contributed by atoms with Gasteiger partial charge in [0.2, 0.25) is 10.0 Å². The van der Waals surface area contributed by atoms with Gasteiger partial charge in [-0.15, -0.1) is 11.3 Å². The van der Waals surface area contributed by atoms with Crippen LogP contribution in [-0.4, -0.2) is 56.5 Å². The van der Waals surface area contributed by atoms with Crippen molar-refractivity contribution < 1.29 is 31.9 Å². The first-order valence-electron chi connectivity index (χ1n) is 11.6. The fourth-order valence-corrected chi connectivity index (χ4v) is 5.09. The van der Waals surface area contributed by atoms with Crippen molar-refractivity contribution in [1.29, 1.82) is 0 Å². The Balaban J connectivity index is 1.84. The molecule has 37 heavy (non-hydrogen) atoms. The predicted molar refractivity (Wildman–Crippen MR) is 140 cm³/mol. The minimum atomic E-state index is -3.97. The number of amides is 1. The fraction of sp³-hybridized carbons (Fsp3) is 0.400. The van der Waals surface area contributed by atoms with E-state index in [4.69, 9.17) is 19.0 Å². The van der Waals surface area contributed by atoms with E-state index < -0.39 is 21.6 Å². The Morgan fingerprint density at radius 2 is 1.78 bits per heavy atom. The molecule has 10 nitrogen and oxygen atoms in total. The maximum absolute atomic E-state index is 13.6. The lowest BCUT2D eigenvalue weighted by molar-refractivity contribution is 0.0739. The second-order valence-electron chi connectivity index (χ2n) is 8.41. The Hall–Kier alpha value is -3.22. The molecule has 0 radical (unpaired) electrons. The summed E-state index contributed by atoms with van der Waals surface area (Å²) in [6.45, 7) is 4.37. The van der Waals surface area contributed by atoms with E-state index in [9.17, 15) is 18.0 Å². The summed E-state index contributed by atoms with van der Waals surface area (Å²) in [5.41, 5.74) is 1.16. The quantitative estimate of drug-likeness (QED) is 0.320. The number of Topliss-reactive ketones (excluding diaryl/α,β-unsaturated/α-hetero) is 1. The highest BCUT2D eigenvalue weighted by atomic mass is 32.2. The molecule has 0 spiro atoms. The lowest BCUT2D eigenvalue weighted by Crippen LogP contribution is -2.32. The SMILES string of the molecule is CCc1ccc(CCCN(Cc2nc(C(=O)CS(N)(=O)=O)cs2)C(=O)c2cc(OC)c(C)c(OC)c2)o1. The summed E-state index contributed by atoms with van der Waals surface area (Å²) < 4.78 is 39.2. The molecule has 200 valence electrons. The van der Waals surface area contributed by atoms with Crippen LogP contribution in [0, 0.1) is 6.92 Å². The number of hydrogen-bond acceptors (Lipinski definition) is 9. The molecule has 0 saturated carbocycles. The number of aryl methyl sites for hydroxylation is 2. The number of nitrogens with two attached hydrogens (primary N) is 1. The van der Waals surface area contributed by atoms with Gasteiger partial charge in [-0.3, -0.25) is 9.59 Å². The topological polar surface area (TPSA) is 142 Å². The molecule has 0 bridgehead atoms. The number of hydrogen-bond donors (Lipinski definition) is 1. The van der Waals surface area contributed by atoms with Gasteiger partial charge in [0.15, 0.2) is 5.78 Å². The third-order valence-electron chi connectivity index (χ3n) is 5.70. The smallest absolute Gasteiger partial charge is 0.254 e. The normalized spacial score (nSPS) is 11.4. The van der Waals surface area contributed by atoms with Crippen LogP contribution in [0.15, 0.2) is 34.1 Å². The van der Waals surface area contributed by atoms with E-state index >= 15 is 0 Å². The molecule has 12 heteroatoms. The molecule has 0 aliphatic heterocycles. The molecular weight excluding hydrogens is 518 g/mol. The molecule has 0 unspecified atom stereocenters. The number of carbonyl (C=O) groups is 2. The lowest BCUT2D eigenvalue weighted by atomic mass is 10.1. The number of sulfonamides is 1. The Kier molecular flexibility index (Phi) is 9.46. The molecule has 1 aromatic carbocycles. The highest BCUT2D eigenvalue weighted by Gasteiger charge is 2.22. The summed E-state index contributed by atoms with van der Waals surface area (Å²) in [7, 11) is -0.922. The van der Waals surface area contributed by atoms with E-state index in [1.165, 1.54) is 30.9 Å². The zero-order valence-electron chi connectivity index (χ0n) is 21.3. The number of benzene rings is 1. The van der Waals surface area contributed by atoms with Gasteiger partial charge in [0.25, 0.3) is 5.91 Å². The van der Waals surface area contributed by atoms with Crippen LogP contribution in [0.5, 0.6) is 11.5 Å². The van der Waals surface area contributed by atoms with Crippen molar-refractivity contribution in [2.24, 2.45) is 5.14 Å². The summed E-state index contributed by atoms with van der Waals surface area (Å²) in [5, 5.41) is 6.94. The van der Waals surface area contributed by atoms with Crippen LogP contribution in [0.3, 0.4) is 0 Å². The minimum Gasteiger partial charge on any atom is -0.496 e. The van der Waals surface area contributed by atoms with E-state index in [0.717, 1.165) is 23.5 Å². The number of ketones is 1. The number of methoxy groups -OCH3 is 2. The van der Waals surface area contributed by atoms with E-state index in [0.29, 0.717) is 41.5 Å². The number of primary sulfonamides is 1. The lowest BCUT2D eigenvalue weighted by Gasteiger charge is -2.23. The highest BCUT2D eigenvalue weighted by Crippen LogP contribution is 2.30. The number of aromatic nitrogens is 1. The molecule has 2 heterocycles. The Labute approximate surface area is 220 Å². The van der Waals surface area contributed by atoms with Gasteiger partial charge >= 0.3 is 0 Å². The minimum absolute atomic E-state index is 0.00257. The summed E-state index contributed by atoms with van der Waals surface area (Å²) in [6.07, 6.45) is 2.07. The van der Waals surface area contributed by atoms with E-state index in [1.807, 2.05) is 26.0 Å². The van der Waals surface area contributed by atoms with Crippen molar-refractivity contribution in [2.45, 2.75) is 39.7 Å². The van der Waals surface area contributed by atoms with Gasteiger partial charge in [0.1, 0.15) is 39.5 Å². The zero-order valence-corrected chi connectivity index (χ0v) is 22.9. The Bertz CT molecular complexity index is 1340. The van der Waals surface area contributed by atoms with Crippen molar-refractivity contribution >= 4 is 33.1 Å². The van der Waals surface area contributed by atoms with Crippen LogP contribution in [0.25, 0.3) is 0 Å². The van der Waals surface area contributed by atoms with Crippen LogP contribution >= 0.6 is 11.3 Å². The zero-order chi connectivity index (χ0) is 27.2.